The van der Waals surface area contributed by atoms with Crippen molar-refractivity contribution >= 4 is 35.4 Å². The molecule has 144 valence electrons. The molecule has 7 heteroatoms. The third-order valence-corrected chi connectivity index (χ3v) is 6.13. The van der Waals surface area contributed by atoms with Crippen LogP contribution in [0.2, 0.25) is 0 Å². The molecule has 0 saturated carbocycles. The first-order valence-electron chi connectivity index (χ1n) is 9.18. The Hall–Kier alpha value is -1.99. The smallest absolute Gasteiger partial charge is 0.242 e. The van der Waals surface area contributed by atoms with Crippen LogP contribution < -0.4 is 0 Å². The molecule has 27 heavy (non-hydrogen) atoms. The summed E-state index contributed by atoms with van der Waals surface area (Å²) in [4.78, 5) is 28.6. The zero-order valence-electron chi connectivity index (χ0n) is 16.0. The van der Waals surface area contributed by atoms with Crippen molar-refractivity contribution in [2.75, 3.05) is 26.2 Å². The average molecular weight is 404 g/mol. The molecule has 2 amide bonds. The SMILES string of the molecule is Cc1ccc(-c2csc(=S)n2CC(=O)N2CCN(C(=O)C(C)C)CC2)cc1. The minimum Gasteiger partial charge on any atom is -0.339 e. The molecule has 0 spiro atoms. The Morgan fingerprint density at radius 3 is 2.26 bits per heavy atom. The van der Waals surface area contributed by atoms with Crippen molar-refractivity contribution in [3.8, 4) is 11.3 Å². The fourth-order valence-corrected chi connectivity index (χ4v) is 4.28. The molecule has 1 fully saturated rings. The maximum atomic E-state index is 12.8. The van der Waals surface area contributed by atoms with Crippen LogP contribution in [-0.2, 0) is 16.1 Å². The van der Waals surface area contributed by atoms with E-state index in [1.54, 1.807) is 0 Å². The van der Waals surface area contributed by atoms with Gasteiger partial charge in [0.15, 0.2) is 3.95 Å². The summed E-state index contributed by atoms with van der Waals surface area (Å²) >= 11 is 6.94. The summed E-state index contributed by atoms with van der Waals surface area (Å²) in [5.74, 6) is 0.201. The van der Waals surface area contributed by atoms with E-state index in [0.717, 1.165) is 11.3 Å². The van der Waals surface area contributed by atoms with Crippen LogP contribution >= 0.6 is 23.6 Å². The number of piperazine rings is 1. The number of hydrogen-bond acceptors (Lipinski definition) is 4. The van der Waals surface area contributed by atoms with E-state index in [2.05, 4.69) is 31.2 Å². The highest BCUT2D eigenvalue weighted by molar-refractivity contribution is 7.73. The van der Waals surface area contributed by atoms with Gasteiger partial charge in [-0.2, -0.15) is 0 Å². The molecule has 1 aromatic carbocycles. The van der Waals surface area contributed by atoms with E-state index in [9.17, 15) is 9.59 Å². The van der Waals surface area contributed by atoms with E-state index in [0.29, 0.717) is 30.1 Å². The maximum absolute atomic E-state index is 12.8. The summed E-state index contributed by atoms with van der Waals surface area (Å²) in [5.41, 5.74) is 3.24. The van der Waals surface area contributed by atoms with Crippen molar-refractivity contribution in [1.82, 2.24) is 14.4 Å². The molecular weight excluding hydrogens is 378 g/mol. The number of nitrogens with zero attached hydrogens (tertiary/aromatic N) is 3. The monoisotopic (exact) mass is 403 g/mol. The minimum absolute atomic E-state index is 0.00606. The predicted octanol–water partition coefficient (Wildman–Crippen LogP) is 3.58. The summed E-state index contributed by atoms with van der Waals surface area (Å²) in [7, 11) is 0. The van der Waals surface area contributed by atoms with Gasteiger partial charge in [0.25, 0.3) is 0 Å². The van der Waals surface area contributed by atoms with Gasteiger partial charge < -0.3 is 14.4 Å². The number of carbonyl (C=O) groups excluding carboxylic acids is 2. The van der Waals surface area contributed by atoms with E-state index in [1.165, 1.54) is 16.9 Å². The first kappa shape index (κ1) is 19.8. The number of thiazole rings is 1. The number of benzene rings is 1. The van der Waals surface area contributed by atoms with Gasteiger partial charge in [-0.1, -0.05) is 43.7 Å². The van der Waals surface area contributed by atoms with Gasteiger partial charge in [-0.3, -0.25) is 9.59 Å². The third-order valence-electron chi connectivity index (χ3n) is 4.86. The Balaban J connectivity index is 1.69. The van der Waals surface area contributed by atoms with E-state index >= 15 is 0 Å². The van der Waals surface area contributed by atoms with Gasteiger partial charge >= 0.3 is 0 Å². The number of aromatic nitrogens is 1. The lowest BCUT2D eigenvalue weighted by Gasteiger charge is -2.35. The maximum Gasteiger partial charge on any atom is 0.242 e. The van der Waals surface area contributed by atoms with E-state index < -0.39 is 0 Å². The quantitative estimate of drug-likeness (QED) is 0.733. The van der Waals surface area contributed by atoms with Crippen molar-refractivity contribution in [2.45, 2.75) is 27.3 Å². The molecule has 0 unspecified atom stereocenters. The molecule has 0 bridgehead atoms. The predicted molar refractivity (Wildman–Crippen MR) is 111 cm³/mol. The van der Waals surface area contributed by atoms with Crippen LogP contribution in [0, 0.1) is 16.8 Å². The van der Waals surface area contributed by atoms with E-state index in [-0.39, 0.29) is 24.3 Å². The summed E-state index contributed by atoms with van der Waals surface area (Å²) < 4.78 is 2.62. The molecule has 1 saturated heterocycles. The largest absolute Gasteiger partial charge is 0.339 e. The minimum atomic E-state index is -0.00606. The van der Waals surface area contributed by atoms with Crippen LogP contribution in [-0.4, -0.2) is 52.4 Å². The Morgan fingerprint density at radius 2 is 1.67 bits per heavy atom. The topological polar surface area (TPSA) is 45.6 Å². The number of amides is 2. The van der Waals surface area contributed by atoms with Crippen molar-refractivity contribution in [1.29, 1.82) is 0 Å². The Morgan fingerprint density at radius 1 is 1.07 bits per heavy atom. The van der Waals surface area contributed by atoms with Gasteiger partial charge in [-0.25, -0.2) is 0 Å². The molecule has 0 aliphatic carbocycles. The van der Waals surface area contributed by atoms with Crippen LogP contribution in [0.3, 0.4) is 0 Å². The molecule has 1 aromatic heterocycles. The first-order chi connectivity index (χ1) is 12.9. The highest BCUT2D eigenvalue weighted by atomic mass is 32.1. The number of carbonyl (C=O) groups is 2. The van der Waals surface area contributed by atoms with Crippen molar-refractivity contribution in [2.24, 2.45) is 5.92 Å². The molecule has 5 nitrogen and oxygen atoms in total. The van der Waals surface area contributed by atoms with Crippen molar-refractivity contribution < 1.29 is 9.59 Å². The van der Waals surface area contributed by atoms with Crippen LogP contribution in [0.15, 0.2) is 29.6 Å². The fraction of sp³-hybridized carbons (Fsp3) is 0.450. The molecule has 2 heterocycles. The highest BCUT2D eigenvalue weighted by Gasteiger charge is 2.25. The Bertz CT molecular complexity index is 875. The van der Waals surface area contributed by atoms with Crippen molar-refractivity contribution in [3.05, 3.63) is 39.2 Å². The molecule has 3 rings (SSSR count). The Labute approximate surface area is 169 Å². The molecule has 2 aromatic rings. The second kappa shape index (κ2) is 8.35. The summed E-state index contributed by atoms with van der Waals surface area (Å²) in [6, 6.07) is 8.24. The zero-order chi connectivity index (χ0) is 19.6. The van der Waals surface area contributed by atoms with Crippen LogP contribution in [0.4, 0.5) is 0 Å². The van der Waals surface area contributed by atoms with Gasteiger partial charge in [-0.15, -0.1) is 11.3 Å². The third kappa shape index (κ3) is 4.47. The second-order valence-corrected chi connectivity index (χ2v) is 8.70. The highest BCUT2D eigenvalue weighted by Crippen LogP contribution is 2.24. The van der Waals surface area contributed by atoms with Gasteiger partial charge in [0.1, 0.15) is 6.54 Å². The van der Waals surface area contributed by atoms with Gasteiger partial charge in [0.05, 0.1) is 5.69 Å². The fourth-order valence-electron chi connectivity index (χ4n) is 3.21. The molecule has 0 radical (unpaired) electrons. The van der Waals surface area contributed by atoms with E-state index in [1.807, 2.05) is 33.6 Å². The summed E-state index contributed by atoms with van der Waals surface area (Å²) in [6.45, 7) is 8.46. The molecule has 0 atom stereocenters. The molecule has 1 aliphatic rings. The van der Waals surface area contributed by atoms with E-state index in [4.69, 9.17) is 12.2 Å². The summed E-state index contributed by atoms with van der Waals surface area (Å²) in [6.07, 6.45) is 0. The van der Waals surface area contributed by atoms with Crippen LogP contribution in [0.1, 0.15) is 19.4 Å². The number of rotatable bonds is 4. The van der Waals surface area contributed by atoms with Gasteiger partial charge in [0.2, 0.25) is 11.8 Å². The van der Waals surface area contributed by atoms with Crippen molar-refractivity contribution in [3.63, 3.8) is 0 Å². The zero-order valence-corrected chi connectivity index (χ0v) is 17.6. The lowest BCUT2D eigenvalue weighted by molar-refractivity contribution is -0.141. The first-order valence-corrected chi connectivity index (χ1v) is 10.5. The van der Waals surface area contributed by atoms with Crippen LogP contribution in [0.25, 0.3) is 11.3 Å². The lowest BCUT2D eigenvalue weighted by Crippen LogP contribution is -2.52. The normalized spacial score (nSPS) is 14.7. The standard InChI is InChI=1S/C20H25N3O2S2/c1-14(2)19(25)22-10-8-21(9-11-22)18(24)12-23-17(13-27-20(23)26)16-6-4-15(3)5-7-16/h4-7,13-14H,8-12H2,1-3H3. The second-order valence-electron chi connectivity index (χ2n) is 7.20. The van der Waals surface area contributed by atoms with Gasteiger partial charge in [-0.05, 0) is 24.7 Å². The molecular formula is C20H25N3O2S2. The van der Waals surface area contributed by atoms with Gasteiger partial charge in [0, 0.05) is 37.5 Å². The Kier molecular flexibility index (Phi) is 6.11. The molecule has 0 N–H and O–H groups in total. The molecule has 1 aliphatic heterocycles. The van der Waals surface area contributed by atoms with Crippen LogP contribution in [0.5, 0.6) is 0 Å². The summed E-state index contributed by atoms with van der Waals surface area (Å²) in [5, 5.41) is 2.01. The average Bonchev–Trinajstić information content (AvgIpc) is 3.02. The number of hydrogen-bond donors (Lipinski definition) is 0. The number of aryl methyl sites for hydroxylation is 1. The lowest BCUT2D eigenvalue weighted by atomic mass is 10.1.